The third kappa shape index (κ3) is 3.39. The Kier molecular flexibility index (Phi) is 5.32. The van der Waals surface area contributed by atoms with Gasteiger partial charge in [0.15, 0.2) is 5.82 Å². The first kappa shape index (κ1) is 14.1. The highest BCUT2D eigenvalue weighted by molar-refractivity contribution is 8.07. The van der Waals surface area contributed by atoms with Crippen LogP contribution in [0.4, 0.5) is 0 Å². The molecule has 0 aromatic carbocycles. The highest BCUT2D eigenvalue weighted by Gasteiger charge is 2.30. The van der Waals surface area contributed by atoms with Gasteiger partial charge in [-0.15, -0.1) is 16.9 Å². The summed E-state index contributed by atoms with van der Waals surface area (Å²) >= 11 is 4.02. The quantitative estimate of drug-likeness (QED) is 0.831. The minimum atomic E-state index is 0.425. The Morgan fingerprint density at radius 2 is 2.17 bits per heavy atom. The molecule has 3 unspecified atom stereocenters. The Labute approximate surface area is 117 Å². The van der Waals surface area contributed by atoms with Gasteiger partial charge in [0.2, 0.25) is 0 Å². The molecule has 3 atom stereocenters. The van der Waals surface area contributed by atoms with Gasteiger partial charge in [-0.05, 0) is 29.8 Å². The normalized spacial score (nSPS) is 28.5. The zero-order chi connectivity index (χ0) is 13.0. The molecule has 2 N–H and O–H groups in total. The van der Waals surface area contributed by atoms with Crippen molar-refractivity contribution in [2.45, 2.75) is 49.0 Å². The van der Waals surface area contributed by atoms with Crippen molar-refractivity contribution in [3.05, 3.63) is 5.82 Å². The summed E-state index contributed by atoms with van der Waals surface area (Å²) in [4.78, 5) is 0. The van der Waals surface area contributed by atoms with Gasteiger partial charge >= 0.3 is 0 Å². The average molecular weight is 287 g/mol. The monoisotopic (exact) mass is 287 g/mol. The summed E-state index contributed by atoms with van der Waals surface area (Å²) in [6.07, 6.45) is 2.07. The van der Waals surface area contributed by atoms with Gasteiger partial charge in [0.25, 0.3) is 0 Å². The van der Waals surface area contributed by atoms with E-state index >= 15 is 0 Å². The molecular weight excluding hydrogens is 266 g/mol. The fourth-order valence-electron chi connectivity index (χ4n) is 1.93. The largest absolute Gasteiger partial charge is 0.330 e. The summed E-state index contributed by atoms with van der Waals surface area (Å²) in [5.74, 6) is 2.14. The molecule has 1 aliphatic rings. The number of aryl methyl sites for hydroxylation is 1. The highest BCUT2D eigenvalue weighted by Crippen LogP contribution is 2.43. The predicted octanol–water partition coefficient (Wildman–Crippen LogP) is 1.71. The molecule has 7 heteroatoms. The molecule has 102 valence electrons. The van der Waals surface area contributed by atoms with Gasteiger partial charge in [-0.3, -0.25) is 0 Å². The smallest absolute Gasteiger partial charge is 0.165 e. The van der Waals surface area contributed by atoms with Crippen LogP contribution in [0.1, 0.15) is 37.8 Å². The lowest BCUT2D eigenvalue weighted by molar-refractivity contribution is 0.526. The van der Waals surface area contributed by atoms with Crippen LogP contribution in [0.15, 0.2) is 0 Å². The summed E-state index contributed by atoms with van der Waals surface area (Å²) < 4.78 is 1.95. The number of tetrazole rings is 1. The summed E-state index contributed by atoms with van der Waals surface area (Å²) in [6, 6.07) is 0. The molecule has 0 bridgehead atoms. The van der Waals surface area contributed by atoms with Crippen molar-refractivity contribution in [3.8, 4) is 0 Å². The van der Waals surface area contributed by atoms with Gasteiger partial charge < -0.3 is 5.73 Å². The zero-order valence-electron chi connectivity index (χ0n) is 11.0. The number of nitrogens with two attached hydrogens (primary N) is 1. The Hall–Kier alpha value is -0.270. The van der Waals surface area contributed by atoms with E-state index in [0.717, 1.165) is 37.5 Å². The third-order valence-electron chi connectivity index (χ3n) is 3.22. The zero-order valence-corrected chi connectivity index (χ0v) is 12.6. The molecule has 18 heavy (non-hydrogen) atoms. The van der Waals surface area contributed by atoms with E-state index in [-0.39, 0.29) is 0 Å². The van der Waals surface area contributed by atoms with Gasteiger partial charge in [0.1, 0.15) is 0 Å². The second kappa shape index (κ2) is 6.77. The standard InChI is InChI=1S/C11H21N5S2/c1-8-9(2)18-10(7-17-8)11-13-14-15-16(11)6-4-3-5-12/h8-10H,3-7,12H2,1-2H3. The van der Waals surface area contributed by atoms with Crippen LogP contribution in [0, 0.1) is 0 Å². The van der Waals surface area contributed by atoms with E-state index in [0.29, 0.717) is 15.7 Å². The van der Waals surface area contributed by atoms with Crippen LogP contribution < -0.4 is 5.73 Å². The number of thioether (sulfide) groups is 2. The lowest BCUT2D eigenvalue weighted by Crippen LogP contribution is -2.24. The predicted molar refractivity (Wildman–Crippen MR) is 77.8 cm³/mol. The van der Waals surface area contributed by atoms with Crippen molar-refractivity contribution < 1.29 is 0 Å². The third-order valence-corrected chi connectivity index (χ3v) is 6.61. The maximum absolute atomic E-state index is 5.51. The summed E-state index contributed by atoms with van der Waals surface area (Å²) in [5, 5.41) is 13.9. The molecule has 1 saturated heterocycles. The Balaban J connectivity index is 1.98. The maximum atomic E-state index is 5.51. The summed E-state index contributed by atoms with van der Waals surface area (Å²) in [6.45, 7) is 6.20. The first-order valence-electron chi connectivity index (χ1n) is 6.45. The lowest BCUT2D eigenvalue weighted by Gasteiger charge is -2.30. The minimum absolute atomic E-state index is 0.425. The molecule has 0 amide bonds. The molecule has 1 aromatic heterocycles. The van der Waals surface area contributed by atoms with Crippen LogP contribution in [0.3, 0.4) is 0 Å². The number of hydrogen-bond acceptors (Lipinski definition) is 6. The Bertz CT molecular complexity index is 370. The number of unbranched alkanes of at least 4 members (excludes halogenated alkanes) is 1. The van der Waals surface area contributed by atoms with Crippen molar-refractivity contribution in [1.29, 1.82) is 0 Å². The summed E-state index contributed by atoms with van der Waals surface area (Å²) in [7, 11) is 0. The fraction of sp³-hybridized carbons (Fsp3) is 0.909. The SMILES string of the molecule is CC1SCC(c2nnnn2CCCCN)SC1C. The second-order valence-corrected chi connectivity index (χ2v) is 7.62. The molecule has 0 saturated carbocycles. The lowest BCUT2D eigenvalue weighted by atomic mass is 10.3. The van der Waals surface area contributed by atoms with E-state index in [1.165, 1.54) is 0 Å². The highest BCUT2D eigenvalue weighted by atomic mass is 32.2. The van der Waals surface area contributed by atoms with Crippen LogP contribution in [0.25, 0.3) is 0 Å². The van der Waals surface area contributed by atoms with Gasteiger partial charge in [-0.2, -0.15) is 11.8 Å². The molecule has 2 rings (SSSR count). The second-order valence-electron chi connectivity index (χ2n) is 4.62. The van der Waals surface area contributed by atoms with Crippen LogP contribution in [0.2, 0.25) is 0 Å². The number of nitrogens with zero attached hydrogens (tertiary/aromatic N) is 4. The van der Waals surface area contributed by atoms with E-state index in [1.54, 1.807) is 0 Å². The van der Waals surface area contributed by atoms with E-state index in [2.05, 4.69) is 29.4 Å². The van der Waals surface area contributed by atoms with E-state index < -0.39 is 0 Å². The van der Waals surface area contributed by atoms with E-state index in [9.17, 15) is 0 Å². The van der Waals surface area contributed by atoms with Gasteiger partial charge in [0, 0.05) is 22.8 Å². The molecule has 0 aliphatic carbocycles. The van der Waals surface area contributed by atoms with Gasteiger partial charge in [-0.25, -0.2) is 4.68 Å². The Morgan fingerprint density at radius 3 is 2.89 bits per heavy atom. The molecule has 1 aliphatic heterocycles. The van der Waals surface area contributed by atoms with Crippen molar-refractivity contribution in [1.82, 2.24) is 20.2 Å². The first-order chi connectivity index (χ1) is 8.72. The molecule has 0 spiro atoms. The first-order valence-corrected chi connectivity index (χ1v) is 8.44. The molecule has 1 aromatic rings. The van der Waals surface area contributed by atoms with Gasteiger partial charge in [0.05, 0.1) is 5.25 Å². The molecule has 0 radical (unpaired) electrons. The maximum Gasteiger partial charge on any atom is 0.165 e. The van der Waals surface area contributed by atoms with E-state index in [1.807, 2.05) is 28.2 Å². The average Bonchev–Trinajstić information content (AvgIpc) is 2.81. The molecular formula is C11H21N5S2. The number of aromatic nitrogens is 4. The molecule has 2 heterocycles. The minimum Gasteiger partial charge on any atom is -0.330 e. The van der Waals surface area contributed by atoms with Crippen molar-refractivity contribution in [3.63, 3.8) is 0 Å². The van der Waals surface area contributed by atoms with E-state index in [4.69, 9.17) is 5.73 Å². The molecule has 1 fully saturated rings. The van der Waals surface area contributed by atoms with Crippen LogP contribution in [-0.2, 0) is 6.54 Å². The number of hydrogen-bond donors (Lipinski definition) is 1. The fourth-order valence-corrected chi connectivity index (χ4v) is 4.83. The Morgan fingerprint density at radius 1 is 1.33 bits per heavy atom. The summed E-state index contributed by atoms with van der Waals surface area (Å²) in [5.41, 5.74) is 5.51. The van der Waals surface area contributed by atoms with Crippen LogP contribution >= 0.6 is 23.5 Å². The van der Waals surface area contributed by atoms with Gasteiger partial charge in [-0.1, -0.05) is 13.8 Å². The van der Waals surface area contributed by atoms with Crippen molar-refractivity contribution in [2.24, 2.45) is 5.73 Å². The van der Waals surface area contributed by atoms with Crippen LogP contribution in [-0.4, -0.2) is 43.0 Å². The van der Waals surface area contributed by atoms with Crippen LogP contribution in [0.5, 0.6) is 0 Å². The van der Waals surface area contributed by atoms with Crippen molar-refractivity contribution >= 4 is 23.5 Å². The van der Waals surface area contributed by atoms with Crippen molar-refractivity contribution in [2.75, 3.05) is 12.3 Å². The number of rotatable bonds is 5. The topological polar surface area (TPSA) is 69.6 Å². The molecule has 5 nitrogen and oxygen atoms in total.